The molecule has 0 radical (unpaired) electrons. The van der Waals surface area contributed by atoms with E-state index >= 15 is 0 Å². The number of halogens is 2. The number of hydrogen-bond acceptors (Lipinski definition) is 4. The van der Waals surface area contributed by atoms with E-state index in [1.54, 1.807) is 0 Å². The van der Waals surface area contributed by atoms with Crippen LogP contribution in [0.1, 0.15) is 21.5 Å². The molecular weight excluding hydrogens is 450 g/mol. The van der Waals surface area contributed by atoms with Crippen LogP contribution in [-0.2, 0) is 27.9 Å². The Morgan fingerprint density at radius 2 is 1.55 bits per heavy atom. The number of benzene rings is 3. The van der Waals surface area contributed by atoms with Crippen LogP contribution in [0.5, 0.6) is 0 Å². The monoisotopic (exact) mass is 474 g/mol. The van der Waals surface area contributed by atoms with Gasteiger partial charge in [0, 0.05) is 12.1 Å². The Kier molecular flexibility index (Phi) is 8.13. The van der Waals surface area contributed by atoms with Crippen LogP contribution in [0.3, 0.4) is 0 Å². The Bertz CT molecular complexity index is 1170. The van der Waals surface area contributed by atoms with Gasteiger partial charge in [0.15, 0.2) is 11.6 Å². The molecule has 174 valence electrons. The van der Waals surface area contributed by atoms with E-state index in [0.29, 0.717) is 35.2 Å². The number of anilines is 1. The van der Waals surface area contributed by atoms with Crippen LogP contribution in [0.25, 0.3) is 0 Å². The zero-order valence-electron chi connectivity index (χ0n) is 18.0. The van der Waals surface area contributed by atoms with E-state index in [9.17, 15) is 22.0 Å². The number of nitrogens with zero attached hydrogens (tertiary/aromatic N) is 1. The summed E-state index contributed by atoms with van der Waals surface area (Å²) in [6, 6.07) is 18.9. The van der Waals surface area contributed by atoms with Gasteiger partial charge in [-0.3, -0.25) is 9.10 Å². The largest absolute Gasteiger partial charge is 0.375 e. The summed E-state index contributed by atoms with van der Waals surface area (Å²) in [5, 5.41) is 2.74. The average Bonchev–Trinajstić information content (AvgIpc) is 2.78. The number of carbonyl (C=O) groups is 1. The molecule has 0 aromatic heterocycles. The maximum Gasteiger partial charge on any atom is 0.251 e. The molecule has 0 saturated carbocycles. The van der Waals surface area contributed by atoms with Crippen molar-refractivity contribution in [1.82, 2.24) is 5.32 Å². The van der Waals surface area contributed by atoms with Crippen molar-refractivity contribution in [2.75, 3.05) is 23.7 Å². The van der Waals surface area contributed by atoms with Crippen molar-refractivity contribution in [3.63, 3.8) is 0 Å². The van der Waals surface area contributed by atoms with Crippen molar-refractivity contribution in [3.05, 3.63) is 101 Å². The number of para-hydroxylation sites is 1. The molecule has 1 N–H and O–H groups in total. The van der Waals surface area contributed by atoms with Gasteiger partial charge in [-0.25, -0.2) is 17.2 Å². The molecule has 0 heterocycles. The Labute approximate surface area is 191 Å². The minimum Gasteiger partial charge on any atom is -0.375 e. The van der Waals surface area contributed by atoms with Crippen molar-refractivity contribution in [3.8, 4) is 0 Å². The lowest BCUT2D eigenvalue weighted by atomic mass is 10.1. The standard InChI is InChI=1S/C24H24F2N2O4S/c1-33(30,31)28(23-21(25)8-5-9-22(23)26)16-18-10-12-20(13-11-18)24(29)27-14-15-32-17-19-6-3-2-4-7-19/h2-13H,14-17H2,1H3,(H,27,29). The minimum absolute atomic E-state index is 0.286. The second kappa shape index (κ2) is 11.0. The average molecular weight is 475 g/mol. The van der Waals surface area contributed by atoms with Gasteiger partial charge in [0.2, 0.25) is 10.0 Å². The second-order valence-corrected chi connectivity index (χ2v) is 9.24. The summed E-state index contributed by atoms with van der Waals surface area (Å²) in [6.07, 6.45) is 0.876. The molecule has 9 heteroatoms. The molecule has 0 spiro atoms. The van der Waals surface area contributed by atoms with E-state index in [0.717, 1.165) is 30.0 Å². The van der Waals surface area contributed by atoms with E-state index in [4.69, 9.17) is 4.74 Å². The lowest BCUT2D eigenvalue weighted by Gasteiger charge is -2.23. The van der Waals surface area contributed by atoms with Gasteiger partial charge in [-0.2, -0.15) is 0 Å². The Balaban J connectivity index is 1.57. The summed E-state index contributed by atoms with van der Waals surface area (Å²) < 4.78 is 58.9. The van der Waals surface area contributed by atoms with Crippen LogP contribution in [0.2, 0.25) is 0 Å². The highest BCUT2D eigenvalue weighted by molar-refractivity contribution is 7.92. The zero-order chi connectivity index (χ0) is 23.8. The third-order valence-electron chi connectivity index (χ3n) is 4.77. The first-order valence-electron chi connectivity index (χ1n) is 10.2. The van der Waals surface area contributed by atoms with Gasteiger partial charge in [-0.1, -0.05) is 48.5 Å². The molecule has 0 unspecified atom stereocenters. The molecule has 0 fully saturated rings. The summed E-state index contributed by atoms with van der Waals surface area (Å²) >= 11 is 0. The SMILES string of the molecule is CS(=O)(=O)N(Cc1ccc(C(=O)NCCOCc2ccccc2)cc1)c1c(F)cccc1F. The van der Waals surface area contributed by atoms with Crippen LogP contribution in [0.15, 0.2) is 72.8 Å². The molecular formula is C24H24F2N2O4S. The molecule has 3 aromatic rings. The summed E-state index contributed by atoms with van der Waals surface area (Å²) in [7, 11) is -3.97. The predicted octanol–water partition coefficient (Wildman–Crippen LogP) is 3.88. The van der Waals surface area contributed by atoms with Crippen molar-refractivity contribution in [2.45, 2.75) is 13.2 Å². The molecule has 0 bridgehead atoms. The van der Waals surface area contributed by atoms with Crippen LogP contribution >= 0.6 is 0 Å². The number of sulfonamides is 1. The lowest BCUT2D eigenvalue weighted by molar-refractivity contribution is 0.0901. The molecule has 33 heavy (non-hydrogen) atoms. The number of carbonyl (C=O) groups excluding carboxylic acids is 1. The zero-order valence-corrected chi connectivity index (χ0v) is 18.8. The fourth-order valence-electron chi connectivity index (χ4n) is 3.12. The maximum atomic E-state index is 14.2. The Morgan fingerprint density at radius 1 is 0.909 bits per heavy atom. The molecule has 3 rings (SSSR count). The van der Waals surface area contributed by atoms with E-state index in [-0.39, 0.29) is 12.5 Å². The third-order valence-corrected chi connectivity index (χ3v) is 5.89. The van der Waals surface area contributed by atoms with Crippen molar-refractivity contribution in [2.24, 2.45) is 0 Å². The molecule has 0 aliphatic rings. The molecule has 6 nitrogen and oxygen atoms in total. The fourth-order valence-corrected chi connectivity index (χ4v) is 4.01. The number of amides is 1. The predicted molar refractivity (Wildman–Crippen MR) is 122 cm³/mol. The maximum absolute atomic E-state index is 14.2. The van der Waals surface area contributed by atoms with E-state index in [2.05, 4.69) is 5.32 Å². The molecule has 3 aromatic carbocycles. The second-order valence-electron chi connectivity index (χ2n) is 7.33. The van der Waals surface area contributed by atoms with Crippen LogP contribution in [0.4, 0.5) is 14.5 Å². The van der Waals surface area contributed by atoms with Gasteiger partial charge < -0.3 is 10.1 Å². The van der Waals surface area contributed by atoms with Crippen LogP contribution < -0.4 is 9.62 Å². The van der Waals surface area contributed by atoms with Crippen molar-refractivity contribution >= 4 is 21.6 Å². The van der Waals surface area contributed by atoms with Gasteiger partial charge >= 0.3 is 0 Å². The third kappa shape index (κ3) is 6.84. The lowest BCUT2D eigenvalue weighted by Crippen LogP contribution is -2.31. The summed E-state index contributed by atoms with van der Waals surface area (Å²) in [6.45, 7) is 0.828. The summed E-state index contributed by atoms with van der Waals surface area (Å²) in [4.78, 5) is 12.3. The van der Waals surface area contributed by atoms with E-state index in [1.807, 2.05) is 30.3 Å². The first kappa shape index (κ1) is 24.3. The van der Waals surface area contributed by atoms with Crippen molar-refractivity contribution in [1.29, 1.82) is 0 Å². The first-order valence-corrected chi connectivity index (χ1v) is 12.0. The van der Waals surface area contributed by atoms with Crippen molar-refractivity contribution < 1.29 is 26.7 Å². The first-order chi connectivity index (χ1) is 15.8. The number of ether oxygens (including phenoxy) is 1. The number of hydrogen-bond donors (Lipinski definition) is 1. The number of nitrogens with one attached hydrogen (secondary N) is 1. The normalized spacial score (nSPS) is 11.2. The van der Waals surface area contributed by atoms with E-state index in [1.165, 1.54) is 24.3 Å². The molecule has 0 atom stereocenters. The topological polar surface area (TPSA) is 75.7 Å². The fraction of sp³-hybridized carbons (Fsp3) is 0.208. The molecule has 0 aliphatic carbocycles. The van der Waals surface area contributed by atoms with Gasteiger partial charge in [-0.15, -0.1) is 0 Å². The quantitative estimate of drug-likeness (QED) is 0.453. The molecule has 0 aliphatic heterocycles. The van der Waals surface area contributed by atoms with E-state index < -0.39 is 27.3 Å². The number of rotatable bonds is 10. The smallest absolute Gasteiger partial charge is 0.251 e. The Hall–Kier alpha value is -3.30. The highest BCUT2D eigenvalue weighted by atomic mass is 32.2. The van der Waals surface area contributed by atoms with Gasteiger partial charge in [0.05, 0.1) is 26.0 Å². The van der Waals surface area contributed by atoms with Crippen LogP contribution in [0, 0.1) is 11.6 Å². The molecule has 1 amide bonds. The van der Waals surface area contributed by atoms with Gasteiger partial charge in [-0.05, 0) is 35.4 Å². The highest BCUT2D eigenvalue weighted by Crippen LogP contribution is 2.27. The minimum atomic E-state index is -3.97. The summed E-state index contributed by atoms with van der Waals surface area (Å²) in [5.74, 6) is -2.28. The Morgan fingerprint density at radius 3 is 2.15 bits per heavy atom. The van der Waals surface area contributed by atoms with Gasteiger partial charge in [0.1, 0.15) is 5.69 Å². The summed E-state index contributed by atoms with van der Waals surface area (Å²) in [5.41, 5.74) is 1.23. The van der Waals surface area contributed by atoms with Crippen LogP contribution in [-0.4, -0.2) is 33.7 Å². The molecule has 0 saturated heterocycles. The highest BCUT2D eigenvalue weighted by Gasteiger charge is 2.24. The van der Waals surface area contributed by atoms with Gasteiger partial charge in [0.25, 0.3) is 5.91 Å².